The molecule has 0 bridgehead atoms. The molecular formula is C14H20N2O3. The molecule has 0 spiro atoms. The number of ether oxygens (including phenoxy) is 2. The number of benzene rings is 1. The molecular weight excluding hydrogens is 244 g/mol. The van der Waals surface area contributed by atoms with Gasteiger partial charge in [0.05, 0.1) is 14.2 Å². The summed E-state index contributed by atoms with van der Waals surface area (Å²) in [5.74, 6) is 1.33. The third-order valence-electron chi connectivity index (χ3n) is 2.51. The highest BCUT2D eigenvalue weighted by atomic mass is 16.5. The fourth-order valence-electron chi connectivity index (χ4n) is 1.54. The fourth-order valence-corrected chi connectivity index (χ4v) is 1.54. The lowest BCUT2D eigenvalue weighted by Gasteiger charge is -2.11. The van der Waals surface area contributed by atoms with Crippen molar-refractivity contribution in [1.29, 1.82) is 0 Å². The Bertz CT molecular complexity index is 433. The smallest absolute Gasteiger partial charge is 0.222 e. The summed E-state index contributed by atoms with van der Waals surface area (Å²) in [5, 5.41) is 5.87. The van der Waals surface area contributed by atoms with Gasteiger partial charge in [-0.1, -0.05) is 6.08 Å². The molecule has 1 aromatic carbocycles. The number of carbonyl (C=O) groups excluding carboxylic acids is 1. The quantitative estimate of drug-likeness (QED) is 0.703. The maximum absolute atomic E-state index is 11.4. The van der Waals surface area contributed by atoms with E-state index in [1.165, 1.54) is 0 Å². The van der Waals surface area contributed by atoms with Gasteiger partial charge in [0.25, 0.3) is 0 Å². The van der Waals surface area contributed by atoms with Gasteiger partial charge < -0.3 is 20.1 Å². The first-order chi connectivity index (χ1) is 9.21. The van der Waals surface area contributed by atoms with E-state index in [2.05, 4.69) is 17.2 Å². The van der Waals surface area contributed by atoms with Crippen molar-refractivity contribution in [3.05, 3.63) is 30.9 Å². The van der Waals surface area contributed by atoms with Gasteiger partial charge in [-0.05, 0) is 12.1 Å². The van der Waals surface area contributed by atoms with Crippen LogP contribution in [0, 0.1) is 0 Å². The van der Waals surface area contributed by atoms with Crippen molar-refractivity contribution in [3.63, 3.8) is 0 Å². The molecule has 0 radical (unpaired) electrons. The molecule has 1 aromatic rings. The molecule has 0 aliphatic rings. The molecule has 0 atom stereocenters. The van der Waals surface area contributed by atoms with Crippen molar-refractivity contribution in [2.24, 2.45) is 0 Å². The summed E-state index contributed by atoms with van der Waals surface area (Å²) in [6.45, 7) is 4.59. The Balaban J connectivity index is 2.45. The molecule has 1 rings (SSSR count). The van der Waals surface area contributed by atoms with Crippen LogP contribution < -0.4 is 20.1 Å². The van der Waals surface area contributed by atoms with Crippen LogP contribution in [-0.2, 0) is 4.79 Å². The maximum atomic E-state index is 11.4. The summed E-state index contributed by atoms with van der Waals surface area (Å²) < 4.78 is 10.4. The molecule has 0 heterocycles. The minimum atomic E-state index is -0.00660. The van der Waals surface area contributed by atoms with Gasteiger partial charge in [0.2, 0.25) is 5.91 Å². The van der Waals surface area contributed by atoms with Crippen LogP contribution in [0.15, 0.2) is 30.9 Å². The first-order valence-electron chi connectivity index (χ1n) is 6.04. The number of rotatable bonds is 8. The second-order valence-electron chi connectivity index (χ2n) is 3.84. The summed E-state index contributed by atoms with van der Waals surface area (Å²) in [6, 6.07) is 5.53. The first-order valence-corrected chi connectivity index (χ1v) is 6.04. The van der Waals surface area contributed by atoms with E-state index in [1.807, 2.05) is 18.2 Å². The molecule has 5 heteroatoms. The number of hydrogen-bond acceptors (Lipinski definition) is 4. The van der Waals surface area contributed by atoms with E-state index in [9.17, 15) is 4.79 Å². The van der Waals surface area contributed by atoms with Gasteiger partial charge in [0, 0.05) is 31.3 Å². The Morgan fingerprint density at radius 1 is 1.32 bits per heavy atom. The van der Waals surface area contributed by atoms with Crippen LogP contribution in [0.1, 0.15) is 6.42 Å². The summed E-state index contributed by atoms with van der Waals surface area (Å²) in [7, 11) is 3.18. The van der Waals surface area contributed by atoms with E-state index in [1.54, 1.807) is 20.3 Å². The fraction of sp³-hybridized carbons (Fsp3) is 0.357. The average molecular weight is 264 g/mol. The number of nitrogens with one attached hydrogen (secondary N) is 2. The van der Waals surface area contributed by atoms with Crippen molar-refractivity contribution in [2.75, 3.05) is 32.6 Å². The van der Waals surface area contributed by atoms with Crippen molar-refractivity contribution < 1.29 is 14.3 Å². The number of methoxy groups -OCH3 is 2. The van der Waals surface area contributed by atoms with E-state index < -0.39 is 0 Å². The SMILES string of the molecule is C=CCNC(=O)CCNc1ccc(OC)c(OC)c1. The Kier molecular flexibility index (Phi) is 6.29. The van der Waals surface area contributed by atoms with Gasteiger partial charge in [0.1, 0.15) is 0 Å². The molecule has 0 aromatic heterocycles. The molecule has 19 heavy (non-hydrogen) atoms. The average Bonchev–Trinajstić information content (AvgIpc) is 2.44. The highest BCUT2D eigenvalue weighted by Gasteiger charge is 2.04. The van der Waals surface area contributed by atoms with E-state index in [0.29, 0.717) is 31.0 Å². The zero-order valence-electron chi connectivity index (χ0n) is 11.4. The molecule has 1 amide bonds. The van der Waals surface area contributed by atoms with Crippen molar-refractivity contribution in [1.82, 2.24) is 5.32 Å². The van der Waals surface area contributed by atoms with Gasteiger partial charge in [-0.3, -0.25) is 4.79 Å². The van der Waals surface area contributed by atoms with E-state index in [-0.39, 0.29) is 5.91 Å². The highest BCUT2D eigenvalue weighted by molar-refractivity contribution is 5.76. The molecule has 0 unspecified atom stereocenters. The minimum Gasteiger partial charge on any atom is -0.493 e. The molecule has 2 N–H and O–H groups in total. The van der Waals surface area contributed by atoms with Crippen LogP contribution in [-0.4, -0.2) is 33.2 Å². The standard InChI is InChI=1S/C14H20N2O3/c1-4-8-16-14(17)7-9-15-11-5-6-12(18-2)13(10-11)19-3/h4-6,10,15H,1,7-9H2,2-3H3,(H,16,17). The predicted molar refractivity (Wildman–Crippen MR) is 75.9 cm³/mol. The molecule has 0 saturated heterocycles. The maximum Gasteiger partial charge on any atom is 0.222 e. The summed E-state index contributed by atoms with van der Waals surface area (Å²) in [4.78, 5) is 11.4. The predicted octanol–water partition coefficient (Wildman–Crippen LogP) is 1.81. The number of anilines is 1. The Morgan fingerprint density at radius 2 is 2.05 bits per heavy atom. The number of carbonyl (C=O) groups is 1. The van der Waals surface area contributed by atoms with E-state index in [0.717, 1.165) is 5.69 Å². The van der Waals surface area contributed by atoms with Crippen LogP contribution in [0.2, 0.25) is 0 Å². The third-order valence-corrected chi connectivity index (χ3v) is 2.51. The lowest BCUT2D eigenvalue weighted by Crippen LogP contribution is -2.25. The van der Waals surface area contributed by atoms with Crippen LogP contribution in [0.3, 0.4) is 0 Å². The normalized spacial score (nSPS) is 9.58. The lowest BCUT2D eigenvalue weighted by atomic mass is 10.2. The van der Waals surface area contributed by atoms with Crippen molar-refractivity contribution in [3.8, 4) is 11.5 Å². The zero-order valence-corrected chi connectivity index (χ0v) is 11.4. The largest absolute Gasteiger partial charge is 0.493 e. The molecule has 0 fully saturated rings. The molecule has 104 valence electrons. The van der Waals surface area contributed by atoms with Gasteiger partial charge in [-0.25, -0.2) is 0 Å². The topological polar surface area (TPSA) is 59.6 Å². The van der Waals surface area contributed by atoms with Crippen molar-refractivity contribution >= 4 is 11.6 Å². The number of amides is 1. The Hall–Kier alpha value is -2.17. The van der Waals surface area contributed by atoms with Crippen LogP contribution in [0.25, 0.3) is 0 Å². The van der Waals surface area contributed by atoms with E-state index >= 15 is 0 Å². The molecule has 0 aliphatic heterocycles. The zero-order chi connectivity index (χ0) is 14.1. The molecule has 0 aliphatic carbocycles. The minimum absolute atomic E-state index is 0.00660. The second kappa shape index (κ2) is 8.02. The van der Waals surface area contributed by atoms with Gasteiger partial charge in [0.15, 0.2) is 11.5 Å². The monoisotopic (exact) mass is 264 g/mol. The molecule has 5 nitrogen and oxygen atoms in total. The summed E-state index contributed by atoms with van der Waals surface area (Å²) in [6.07, 6.45) is 2.06. The number of hydrogen-bond donors (Lipinski definition) is 2. The summed E-state index contributed by atoms with van der Waals surface area (Å²) in [5.41, 5.74) is 0.883. The van der Waals surface area contributed by atoms with Gasteiger partial charge >= 0.3 is 0 Å². The molecule has 0 saturated carbocycles. The van der Waals surface area contributed by atoms with Crippen LogP contribution >= 0.6 is 0 Å². The Labute approximate surface area is 113 Å². The van der Waals surface area contributed by atoms with E-state index in [4.69, 9.17) is 9.47 Å². The van der Waals surface area contributed by atoms with Crippen LogP contribution in [0.4, 0.5) is 5.69 Å². The highest BCUT2D eigenvalue weighted by Crippen LogP contribution is 2.29. The van der Waals surface area contributed by atoms with Crippen LogP contribution in [0.5, 0.6) is 11.5 Å². The lowest BCUT2D eigenvalue weighted by molar-refractivity contribution is -0.120. The summed E-state index contributed by atoms with van der Waals surface area (Å²) >= 11 is 0. The van der Waals surface area contributed by atoms with Gasteiger partial charge in [-0.2, -0.15) is 0 Å². The third kappa shape index (κ3) is 4.91. The van der Waals surface area contributed by atoms with Gasteiger partial charge in [-0.15, -0.1) is 6.58 Å². The Morgan fingerprint density at radius 3 is 2.68 bits per heavy atom. The first kappa shape index (κ1) is 14.9. The van der Waals surface area contributed by atoms with Crippen molar-refractivity contribution in [2.45, 2.75) is 6.42 Å². The second-order valence-corrected chi connectivity index (χ2v) is 3.84.